The van der Waals surface area contributed by atoms with Crippen LogP contribution in [0.2, 0.25) is 0 Å². The van der Waals surface area contributed by atoms with Crippen LogP contribution < -0.4 is 0 Å². The Balaban J connectivity index is 2.74. The Hall–Kier alpha value is -0.160. The third-order valence-electron chi connectivity index (χ3n) is 1.75. The number of carbonyl (C=O) groups is 1. The third kappa shape index (κ3) is 3.72. The van der Waals surface area contributed by atoms with Gasteiger partial charge in [0.15, 0.2) is 6.54 Å². The number of nitrogens with zero attached hydrogens (tertiary/aromatic N) is 1. The highest BCUT2D eigenvalue weighted by molar-refractivity contribution is 8.38. The highest BCUT2D eigenvalue weighted by atomic mass is 32.2. The lowest BCUT2D eigenvalue weighted by atomic mass is 10.2. The van der Waals surface area contributed by atoms with Gasteiger partial charge in [0.2, 0.25) is 0 Å². The van der Waals surface area contributed by atoms with E-state index in [-0.39, 0.29) is 6.09 Å². The zero-order valence-electron chi connectivity index (χ0n) is 9.86. The van der Waals surface area contributed by atoms with Gasteiger partial charge in [0.1, 0.15) is 5.60 Å². The molecule has 0 radical (unpaired) electrons. The normalized spacial score (nSPS) is 22.1. The van der Waals surface area contributed by atoms with Gasteiger partial charge < -0.3 is 4.74 Å². The number of ether oxygens (including phenoxy) is 1. The van der Waals surface area contributed by atoms with Crippen molar-refractivity contribution in [1.82, 2.24) is 0 Å². The maximum Gasteiger partial charge on any atom is 0.598 e. The smallest absolute Gasteiger partial charge is 0.406 e. The van der Waals surface area contributed by atoms with Crippen LogP contribution in [0.3, 0.4) is 0 Å². The average Bonchev–Trinajstić information content (AvgIpc) is 2.43. The monoisotopic (exact) mass is 248 g/mol. The van der Waals surface area contributed by atoms with Gasteiger partial charge in [-0.15, -0.1) is 4.58 Å². The van der Waals surface area contributed by atoms with Gasteiger partial charge >= 0.3 is 6.09 Å². The molecule has 5 heteroatoms. The summed E-state index contributed by atoms with van der Waals surface area (Å²) in [6, 6.07) is 0. The minimum atomic E-state index is -0.420. The van der Waals surface area contributed by atoms with Crippen molar-refractivity contribution >= 4 is 34.0 Å². The molecule has 0 aromatic rings. The standard InChI is InChI=1S/C10H18NO2S2/c1-7-6-11(9(14-5)15-7)8(12)13-10(2,3)4/h7H,6H2,1-5H3/q+1. The maximum atomic E-state index is 11.8. The number of amides is 1. The quantitative estimate of drug-likeness (QED) is 0.617. The van der Waals surface area contributed by atoms with E-state index in [1.54, 1.807) is 28.1 Å². The lowest BCUT2D eigenvalue weighted by Crippen LogP contribution is -2.32. The van der Waals surface area contributed by atoms with Crippen LogP contribution in [0.15, 0.2) is 0 Å². The second-order valence-corrected chi connectivity index (χ2v) is 6.97. The van der Waals surface area contributed by atoms with Crippen LogP contribution in [0, 0.1) is 0 Å². The first kappa shape index (κ1) is 12.9. The van der Waals surface area contributed by atoms with E-state index in [0.29, 0.717) is 5.25 Å². The largest absolute Gasteiger partial charge is 0.598 e. The Morgan fingerprint density at radius 1 is 1.60 bits per heavy atom. The third-order valence-corrected chi connectivity index (χ3v) is 4.08. The number of rotatable bonds is 0. The van der Waals surface area contributed by atoms with E-state index in [0.717, 1.165) is 10.9 Å². The summed E-state index contributed by atoms with van der Waals surface area (Å²) in [6.07, 6.45) is 1.75. The summed E-state index contributed by atoms with van der Waals surface area (Å²) in [5.41, 5.74) is -0.420. The van der Waals surface area contributed by atoms with E-state index < -0.39 is 5.60 Å². The number of carbonyl (C=O) groups excluding carboxylic acids is 1. The Morgan fingerprint density at radius 3 is 2.67 bits per heavy atom. The van der Waals surface area contributed by atoms with Crippen LogP contribution in [-0.2, 0) is 4.74 Å². The summed E-state index contributed by atoms with van der Waals surface area (Å²) in [7, 11) is 0. The molecule has 0 bridgehead atoms. The van der Waals surface area contributed by atoms with Crippen molar-refractivity contribution in [3.63, 3.8) is 0 Å². The Morgan fingerprint density at radius 2 is 2.20 bits per heavy atom. The van der Waals surface area contributed by atoms with Gasteiger partial charge in [-0.3, -0.25) is 0 Å². The fourth-order valence-corrected chi connectivity index (χ4v) is 3.32. The molecular weight excluding hydrogens is 230 g/mol. The number of thioether (sulfide) groups is 2. The molecule has 15 heavy (non-hydrogen) atoms. The molecular formula is C10H18NO2S2+. The van der Waals surface area contributed by atoms with Crippen molar-refractivity contribution in [2.24, 2.45) is 0 Å². The minimum Gasteiger partial charge on any atom is -0.406 e. The summed E-state index contributed by atoms with van der Waals surface area (Å²) in [5, 5.41) is 0.458. The summed E-state index contributed by atoms with van der Waals surface area (Å²) in [6.45, 7) is 8.52. The Bertz CT molecular complexity index is 294. The first-order valence-electron chi connectivity index (χ1n) is 4.91. The van der Waals surface area contributed by atoms with Crippen LogP contribution in [0.5, 0.6) is 0 Å². The van der Waals surface area contributed by atoms with Gasteiger partial charge in [0.25, 0.3) is 4.38 Å². The molecule has 1 unspecified atom stereocenters. The predicted molar refractivity (Wildman–Crippen MR) is 66.9 cm³/mol. The van der Waals surface area contributed by atoms with Crippen molar-refractivity contribution in [3.8, 4) is 0 Å². The first-order valence-corrected chi connectivity index (χ1v) is 7.02. The summed E-state index contributed by atoms with van der Waals surface area (Å²) in [5.74, 6) is 0. The van der Waals surface area contributed by atoms with Gasteiger partial charge in [-0.1, -0.05) is 11.8 Å². The molecule has 1 amide bonds. The van der Waals surface area contributed by atoms with E-state index in [2.05, 4.69) is 6.92 Å². The van der Waals surface area contributed by atoms with E-state index in [9.17, 15) is 4.79 Å². The lowest BCUT2D eigenvalue weighted by molar-refractivity contribution is -0.441. The molecule has 1 atom stereocenters. The summed E-state index contributed by atoms with van der Waals surface area (Å²) >= 11 is 3.34. The number of hydrogen-bond donors (Lipinski definition) is 0. The van der Waals surface area contributed by atoms with Crippen molar-refractivity contribution < 1.29 is 14.1 Å². The van der Waals surface area contributed by atoms with Crippen LogP contribution >= 0.6 is 23.5 Å². The second-order valence-electron chi connectivity index (χ2n) is 4.49. The van der Waals surface area contributed by atoms with Gasteiger partial charge in [0, 0.05) is 0 Å². The zero-order valence-corrected chi connectivity index (χ0v) is 11.5. The molecule has 0 spiro atoms. The van der Waals surface area contributed by atoms with Crippen LogP contribution in [0.25, 0.3) is 0 Å². The van der Waals surface area contributed by atoms with E-state index in [1.165, 1.54) is 0 Å². The molecule has 0 aromatic heterocycles. The highest BCUT2D eigenvalue weighted by Gasteiger charge is 2.37. The van der Waals surface area contributed by atoms with Crippen molar-refractivity contribution in [1.29, 1.82) is 0 Å². The van der Waals surface area contributed by atoms with Crippen molar-refractivity contribution in [2.45, 2.75) is 38.5 Å². The van der Waals surface area contributed by atoms with Gasteiger partial charge in [-0.2, -0.15) is 4.79 Å². The fraction of sp³-hybridized carbons (Fsp3) is 0.800. The van der Waals surface area contributed by atoms with Crippen LogP contribution in [-0.4, -0.2) is 38.7 Å². The molecule has 0 aromatic carbocycles. The van der Waals surface area contributed by atoms with E-state index in [1.807, 2.05) is 27.0 Å². The highest BCUT2D eigenvalue weighted by Crippen LogP contribution is 2.27. The molecule has 0 saturated carbocycles. The SMILES string of the molecule is CSC1=[N+](C(=O)OC(C)(C)C)CC(C)S1. The molecule has 1 rings (SSSR count). The number of hydrogen-bond acceptors (Lipinski definition) is 4. The van der Waals surface area contributed by atoms with E-state index in [4.69, 9.17) is 4.74 Å². The summed E-state index contributed by atoms with van der Waals surface area (Å²) in [4.78, 5) is 11.8. The molecule has 0 aliphatic carbocycles. The lowest BCUT2D eigenvalue weighted by Gasteiger charge is -2.16. The molecule has 86 valence electrons. The van der Waals surface area contributed by atoms with Crippen molar-refractivity contribution in [2.75, 3.05) is 12.8 Å². The maximum absolute atomic E-state index is 11.8. The van der Waals surface area contributed by atoms with Gasteiger partial charge in [-0.05, 0) is 45.7 Å². The molecule has 1 aliphatic rings. The van der Waals surface area contributed by atoms with Gasteiger partial charge in [0.05, 0.1) is 5.25 Å². The predicted octanol–water partition coefficient (Wildman–Crippen LogP) is 2.79. The van der Waals surface area contributed by atoms with E-state index >= 15 is 0 Å². The Labute approximate surface area is 99.6 Å². The molecule has 0 saturated heterocycles. The van der Waals surface area contributed by atoms with Crippen LogP contribution in [0.1, 0.15) is 27.7 Å². The second kappa shape index (κ2) is 4.78. The Kier molecular flexibility index (Phi) is 4.12. The molecule has 0 fully saturated rings. The minimum absolute atomic E-state index is 0.233. The average molecular weight is 248 g/mol. The van der Waals surface area contributed by atoms with Crippen LogP contribution in [0.4, 0.5) is 4.79 Å². The van der Waals surface area contributed by atoms with Gasteiger partial charge in [-0.25, -0.2) is 0 Å². The fourth-order valence-electron chi connectivity index (χ4n) is 1.23. The summed E-state index contributed by atoms with van der Waals surface area (Å²) < 4.78 is 8.11. The molecule has 1 heterocycles. The topological polar surface area (TPSA) is 29.3 Å². The van der Waals surface area contributed by atoms with Crippen molar-refractivity contribution in [3.05, 3.63) is 0 Å². The zero-order chi connectivity index (χ0) is 11.6. The first-order chi connectivity index (χ1) is 6.83. The molecule has 0 N–H and O–H groups in total. The molecule has 3 nitrogen and oxygen atoms in total. The molecule has 1 aliphatic heterocycles.